The van der Waals surface area contributed by atoms with Gasteiger partial charge in [0.05, 0.1) is 20.3 Å². The largest absolute Gasteiger partial charge is 0.497 e. The lowest BCUT2D eigenvalue weighted by molar-refractivity contribution is -0.133. The van der Waals surface area contributed by atoms with E-state index in [0.717, 1.165) is 39.0 Å². The zero-order valence-electron chi connectivity index (χ0n) is 19.7. The Balaban J connectivity index is 1.30. The summed E-state index contributed by atoms with van der Waals surface area (Å²) in [7, 11) is 1.57. The fraction of sp³-hybridized carbons (Fsp3) is 0.625. The number of carbonyl (C=O) groups excluding carboxylic acids is 3. The predicted octanol–water partition coefficient (Wildman–Crippen LogP) is 1.44. The number of rotatable bonds is 6. The van der Waals surface area contributed by atoms with Gasteiger partial charge >= 0.3 is 6.03 Å². The summed E-state index contributed by atoms with van der Waals surface area (Å²) in [6.45, 7) is 7.08. The van der Waals surface area contributed by atoms with E-state index in [0.29, 0.717) is 30.9 Å². The Morgan fingerprint density at radius 1 is 1.00 bits per heavy atom. The molecule has 0 aromatic heterocycles. The number of likely N-dealkylation sites (tertiary alicyclic amines) is 1. The molecule has 9 heteroatoms. The number of piperazine rings is 1. The first-order chi connectivity index (χ1) is 15.9. The molecule has 3 aliphatic rings. The number of methoxy groups -OCH3 is 1. The second kappa shape index (κ2) is 10.1. The van der Waals surface area contributed by atoms with E-state index in [-0.39, 0.29) is 24.5 Å². The van der Waals surface area contributed by atoms with E-state index in [2.05, 4.69) is 15.1 Å². The second-order valence-corrected chi connectivity index (χ2v) is 9.35. The van der Waals surface area contributed by atoms with Crippen LogP contribution in [0.25, 0.3) is 0 Å². The Labute approximate surface area is 195 Å². The van der Waals surface area contributed by atoms with E-state index >= 15 is 0 Å². The first-order valence-electron chi connectivity index (χ1n) is 11.9. The number of ether oxygens (including phenoxy) is 1. The number of amides is 4. The van der Waals surface area contributed by atoms with Crippen LogP contribution in [0.5, 0.6) is 5.75 Å². The highest BCUT2D eigenvalue weighted by atomic mass is 16.5. The first kappa shape index (κ1) is 23.5. The molecular weight excluding hydrogens is 422 g/mol. The molecule has 180 valence electrons. The van der Waals surface area contributed by atoms with E-state index in [1.807, 2.05) is 23.1 Å². The highest BCUT2D eigenvalue weighted by Crippen LogP contribution is 2.31. The molecule has 4 amide bonds. The Hall–Kier alpha value is -2.65. The summed E-state index contributed by atoms with van der Waals surface area (Å²) in [5, 5.41) is 2.86. The van der Waals surface area contributed by atoms with Gasteiger partial charge in [0.2, 0.25) is 5.91 Å². The summed E-state index contributed by atoms with van der Waals surface area (Å²) in [5.41, 5.74) is -0.424. The number of nitrogens with zero attached hydrogens (tertiary/aromatic N) is 4. The molecule has 3 fully saturated rings. The summed E-state index contributed by atoms with van der Waals surface area (Å²) in [6.07, 6.45) is 4.62. The maximum Gasteiger partial charge on any atom is 0.326 e. The van der Waals surface area contributed by atoms with Crippen LogP contribution in [0.2, 0.25) is 0 Å². The third-order valence-electron chi connectivity index (χ3n) is 7.05. The number of nitrogens with one attached hydrogen (secondary N) is 1. The number of hydrogen-bond donors (Lipinski definition) is 1. The van der Waals surface area contributed by atoms with Crippen molar-refractivity contribution < 1.29 is 19.1 Å². The predicted molar refractivity (Wildman–Crippen MR) is 124 cm³/mol. The molecule has 1 N–H and O–H groups in total. The fourth-order valence-corrected chi connectivity index (χ4v) is 4.86. The smallest absolute Gasteiger partial charge is 0.326 e. The van der Waals surface area contributed by atoms with Gasteiger partial charge in [-0.2, -0.15) is 0 Å². The van der Waals surface area contributed by atoms with Crippen LogP contribution >= 0.6 is 0 Å². The lowest BCUT2D eigenvalue weighted by Crippen LogP contribution is -2.53. The second-order valence-electron chi connectivity index (χ2n) is 9.35. The molecule has 1 atom stereocenters. The Morgan fingerprint density at radius 2 is 1.67 bits per heavy atom. The van der Waals surface area contributed by atoms with Crippen LogP contribution in [-0.2, 0) is 15.1 Å². The normalized spacial score (nSPS) is 25.2. The zero-order chi connectivity index (χ0) is 23.4. The summed E-state index contributed by atoms with van der Waals surface area (Å²) in [5.74, 6) is 0.591. The average Bonchev–Trinajstić information content (AvgIpc) is 3.02. The van der Waals surface area contributed by atoms with Gasteiger partial charge in [0, 0.05) is 39.3 Å². The molecule has 1 aromatic rings. The number of benzene rings is 1. The SMILES string of the molecule is COc1cccc([C@@]2(C)NC(=O)N(CN3CCN(CC(=O)N4CCCCCC4)CC3)C2=O)c1. The van der Waals surface area contributed by atoms with Crippen molar-refractivity contribution in [1.82, 2.24) is 24.9 Å². The molecule has 3 saturated heterocycles. The molecule has 0 unspecified atom stereocenters. The van der Waals surface area contributed by atoms with Crippen molar-refractivity contribution in [2.24, 2.45) is 0 Å². The standard InChI is InChI=1S/C24H35N5O4/c1-24(19-8-7-9-20(16-19)33-2)22(31)29(23(32)25-24)18-27-14-12-26(13-15-27)17-21(30)28-10-5-3-4-6-11-28/h7-9,16H,3-6,10-15,17-18H2,1-2H3,(H,25,32)/t24-/m1/s1. The number of urea groups is 1. The molecule has 4 rings (SSSR count). The molecule has 3 aliphatic heterocycles. The maximum absolute atomic E-state index is 13.2. The Morgan fingerprint density at radius 3 is 2.33 bits per heavy atom. The van der Waals surface area contributed by atoms with Crippen molar-refractivity contribution in [3.8, 4) is 5.75 Å². The number of imide groups is 1. The minimum Gasteiger partial charge on any atom is -0.497 e. The van der Waals surface area contributed by atoms with Crippen molar-refractivity contribution in [3.63, 3.8) is 0 Å². The van der Waals surface area contributed by atoms with E-state index in [9.17, 15) is 14.4 Å². The zero-order valence-corrected chi connectivity index (χ0v) is 19.7. The highest BCUT2D eigenvalue weighted by Gasteiger charge is 2.49. The first-order valence-corrected chi connectivity index (χ1v) is 11.9. The van der Waals surface area contributed by atoms with Crippen LogP contribution in [0.4, 0.5) is 4.79 Å². The van der Waals surface area contributed by atoms with Crippen LogP contribution in [-0.4, -0.2) is 97.0 Å². The highest BCUT2D eigenvalue weighted by molar-refractivity contribution is 6.07. The molecule has 33 heavy (non-hydrogen) atoms. The number of carbonyl (C=O) groups is 3. The van der Waals surface area contributed by atoms with Crippen LogP contribution in [0.15, 0.2) is 24.3 Å². The summed E-state index contributed by atoms with van der Waals surface area (Å²) in [4.78, 5) is 46.2. The molecule has 0 spiro atoms. The fourth-order valence-electron chi connectivity index (χ4n) is 4.86. The van der Waals surface area contributed by atoms with E-state index in [4.69, 9.17) is 4.74 Å². The topological polar surface area (TPSA) is 85.4 Å². The van der Waals surface area contributed by atoms with Gasteiger partial charge < -0.3 is 15.0 Å². The van der Waals surface area contributed by atoms with Gasteiger partial charge in [0.1, 0.15) is 11.3 Å². The van der Waals surface area contributed by atoms with Gasteiger partial charge in [0.25, 0.3) is 5.91 Å². The van der Waals surface area contributed by atoms with Crippen molar-refractivity contribution >= 4 is 17.8 Å². The quantitative estimate of drug-likeness (QED) is 0.651. The van der Waals surface area contributed by atoms with Gasteiger partial charge in [-0.25, -0.2) is 9.69 Å². The summed E-state index contributed by atoms with van der Waals surface area (Å²) < 4.78 is 5.27. The molecule has 0 radical (unpaired) electrons. The molecule has 9 nitrogen and oxygen atoms in total. The van der Waals surface area contributed by atoms with Crippen molar-refractivity contribution in [2.45, 2.75) is 38.1 Å². The van der Waals surface area contributed by atoms with Crippen molar-refractivity contribution in [3.05, 3.63) is 29.8 Å². The molecule has 0 saturated carbocycles. The third kappa shape index (κ3) is 5.14. The van der Waals surface area contributed by atoms with Crippen molar-refractivity contribution in [2.75, 3.05) is 59.6 Å². The molecule has 0 bridgehead atoms. The Kier molecular flexibility index (Phi) is 7.19. The van der Waals surface area contributed by atoms with Crippen LogP contribution < -0.4 is 10.1 Å². The van der Waals surface area contributed by atoms with Gasteiger partial charge in [-0.3, -0.25) is 19.4 Å². The van der Waals surface area contributed by atoms with Crippen LogP contribution in [0.1, 0.15) is 38.2 Å². The molecular formula is C24H35N5O4. The van der Waals surface area contributed by atoms with Gasteiger partial charge in [0.15, 0.2) is 0 Å². The van der Waals surface area contributed by atoms with Crippen LogP contribution in [0.3, 0.4) is 0 Å². The average molecular weight is 458 g/mol. The molecule has 0 aliphatic carbocycles. The minimum absolute atomic E-state index is 0.216. The van der Waals surface area contributed by atoms with Gasteiger partial charge in [-0.1, -0.05) is 25.0 Å². The summed E-state index contributed by atoms with van der Waals surface area (Å²) >= 11 is 0. The summed E-state index contributed by atoms with van der Waals surface area (Å²) in [6, 6.07) is 6.84. The van der Waals surface area contributed by atoms with Crippen molar-refractivity contribution in [1.29, 1.82) is 0 Å². The number of hydrogen-bond acceptors (Lipinski definition) is 6. The lowest BCUT2D eigenvalue weighted by Gasteiger charge is -2.36. The molecule has 3 heterocycles. The van der Waals surface area contributed by atoms with Gasteiger partial charge in [-0.05, 0) is 37.5 Å². The lowest BCUT2D eigenvalue weighted by atomic mass is 9.92. The van der Waals surface area contributed by atoms with E-state index in [1.165, 1.54) is 17.7 Å². The van der Waals surface area contributed by atoms with Crippen LogP contribution in [0, 0.1) is 0 Å². The monoisotopic (exact) mass is 457 g/mol. The van der Waals surface area contributed by atoms with Gasteiger partial charge in [-0.15, -0.1) is 0 Å². The molecule has 1 aromatic carbocycles. The minimum atomic E-state index is -1.12. The Bertz CT molecular complexity index is 877. The van der Waals surface area contributed by atoms with E-state index < -0.39 is 5.54 Å². The van der Waals surface area contributed by atoms with E-state index in [1.54, 1.807) is 20.1 Å². The third-order valence-corrected chi connectivity index (χ3v) is 7.05. The maximum atomic E-state index is 13.2.